The van der Waals surface area contributed by atoms with E-state index in [1.165, 1.54) is 0 Å². The molecule has 0 aromatic carbocycles. The summed E-state index contributed by atoms with van der Waals surface area (Å²) < 4.78 is 13.9. The van der Waals surface area contributed by atoms with Crippen LogP contribution >= 0.6 is 34.8 Å². The van der Waals surface area contributed by atoms with E-state index in [4.69, 9.17) is 49.0 Å². The number of ether oxygens (including phenoxy) is 3. The molecular formula is C8H15Cl3O3. The molecule has 0 N–H and O–H groups in total. The quantitative estimate of drug-likeness (QED) is 0.545. The van der Waals surface area contributed by atoms with Gasteiger partial charge in [-0.2, -0.15) is 0 Å². The molecule has 86 valence electrons. The molecule has 0 unspecified atom stereocenters. The van der Waals surface area contributed by atoms with Crippen molar-refractivity contribution in [2.45, 2.75) is 30.5 Å². The Bertz CT molecular complexity index is 141. The fourth-order valence-electron chi connectivity index (χ4n) is 0.941. The van der Waals surface area contributed by atoms with Crippen LogP contribution in [0, 0.1) is 0 Å². The zero-order valence-electron chi connectivity index (χ0n) is 8.48. The van der Waals surface area contributed by atoms with E-state index in [2.05, 4.69) is 0 Å². The van der Waals surface area contributed by atoms with Crippen molar-refractivity contribution in [3.05, 3.63) is 0 Å². The highest BCUT2D eigenvalue weighted by molar-refractivity contribution is 6.68. The van der Waals surface area contributed by atoms with Gasteiger partial charge >= 0.3 is 5.97 Å². The van der Waals surface area contributed by atoms with Gasteiger partial charge in [0, 0.05) is 19.8 Å². The molecule has 0 bridgehead atoms. The third-order valence-electron chi connectivity index (χ3n) is 1.35. The van der Waals surface area contributed by atoms with Gasteiger partial charge in [0.2, 0.25) is 0 Å². The molecule has 0 saturated carbocycles. The van der Waals surface area contributed by atoms with Crippen LogP contribution in [-0.4, -0.2) is 29.6 Å². The molecule has 0 aromatic heterocycles. The topological polar surface area (TPSA) is 27.7 Å². The molecule has 0 aliphatic rings. The number of hydrogen-bond donors (Lipinski definition) is 0. The minimum Gasteiger partial charge on any atom is -0.324 e. The van der Waals surface area contributed by atoms with Crippen molar-refractivity contribution in [3.8, 4) is 0 Å². The van der Waals surface area contributed by atoms with E-state index < -0.39 is 9.77 Å². The molecular weight excluding hydrogens is 250 g/mol. The van der Waals surface area contributed by atoms with E-state index in [0.717, 1.165) is 0 Å². The first-order chi connectivity index (χ1) is 6.43. The van der Waals surface area contributed by atoms with E-state index >= 15 is 0 Å². The molecule has 0 spiro atoms. The van der Waals surface area contributed by atoms with Crippen LogP contribution in [-0.2, 0) is 14.2 Å². The minimum absolute atomic E-state index is 0.327. The van der Waals surface area contributed by atoms with Crippen LogP contribution < -0.4 is 0 Å². The summed E-state index contributed by atoms with van der Waals surface area (Å²) in [6, 6.07) is 0. The summed E-state index contributed by atoms with van der Waals surface area (Å²) in [4.78, 5) is 0. The van der Waals surface area contributed by atoms with E-state index in [1.807, 2.05) is 0 Å². The molecule has 0 atom stereocenters. The monoisotopic (exact) mass is 264 g/mol. The highest BCUT2D eigenvalue weighted by atomic mass is 35.6. The van der Waals surface area contributed by atoms with Gasteiger partial charge in [0.15, 0.2) is 0 Å². The lowest BCUT2D eigenvalue weighted by molar-refractivity contribution is -0.374. The second-order valence-electron chi connectivity index (χ2n) is 2.35. The Hall–Kier alpha value is 0.750. The normalized spacial score (nSPS) is 13.3. The van der Waals surface area contributed by atoms with Gasteiger partial charge in [-0.05, 0) is 20.8 Å². The summed E-state index contributed by atoms with van der Waals surface area (Å²) in [6.07, 6.45) is 0. The van der Waals surface area contributed by atoms with Gasteiger partial charge in [0.1, 0.15) is 0 Å². The van der Waals surface area contributed by atoms with Gasteiger partial charge in [-0.1, -0.05) is 34.8 Å². The molecule has 0 amide bonds. The largest absolute Gasteiger partial charge is 0.333 e. The highest BCUT2D eigenvalue weighted by Crippen LogP contribution is 2.42. The molecule has 6 heteroatoms. The Morgan fingerprint density at radius 2 is 1.07 bits per heavy atom. The fraction of sp³-hybridized carbons (Fsp3) is 1.00. The summed E-state index contributed by atoms with van der Waals surface area (Å²) in [5, 5.41) is 0. The Labute approximate surface area is 99.5 Å². The highest BCUT2D eigenvalue weighted by Gasteiger charge is 2.52. The number of rotatable bonds is 6. The van der Waals surface area contributed by atoms with Crippen LogP contribution in [0.1, 0.15) is 20.8 Å². The van der Waals surface area contributed by atoms with Crippen LogP contribution in [0.4, 0.5) is 0 Å². The van der Waals surface area contributed by atoms with E-state index in [-0.39, 0.29) is 0 Å². The lowest BCUT2D eigenvalue weighted by Gasteiger charge is -2.37. The first kappa shape index (κ1) is 14.8. The average Bonchev–Trinajstić information content (AvgIpc) is 2.03. The molecule has 0 rings (SSSR count). The Balaban J connectivity index is 4.73. The zero-order valence-corrected chi connectivity index (χ0v) is 10.7. The van der Waals surface area contributed by atoms with Crippen molar-refractivity contribution in [1.82, 2.24) is 0 Å². The summed E-state index contributed by atoms with van der Waals surface area (Å²) in [7, 11) is 0. The maximum Gasteiger partial charge on any atom is 0.333 e. The van der Waals surface area contributed by atoms with Crippen LogP contribution in [0.25, 0.3) is 0 Å². The van der Waals surface area contributed by atoms with Crippen molar-refractivity contribution in [3.63, 3.8) is 0 Å². The molecule has 14 heavy (non-hydrogen) atoms. The maximum atomic E-state index is 5.75. The van der Waals surface area contributed by atoms with Gasteiger partial charge < -0.3 is 14.2 Å². The van der Waals surface area contributed by atoms with Crippen molar-refractivity contribution in [2.24, 2.45) is 0 Å². The van der Waals surface area contributed by atoms with Crippen molar-refractivity contribution >= 4 is 34.8 Å². The molecule has 0 heterocycles. The molecule has 0 aliphatic heterocycles. The number of halogens is 3. The zero-order chi connectivity index (χ0) is 11.2. The van der Waals surface area contributed by atoms with E-state index in [1.54, 1.807) is 20.8 Å². The minimum atomic E-state index is -1.78. The van der Waals surface area contributed by atoms with Crippen LogP contribution in [0.15, 0.2) is 0 Å². The first-order valence-electron chi connectivity index (χ1n) is 4.42. The Morgan fingerprint density at radius 1 is 0.786 bits per heavy atom. The standard InChI is InChI=1S/C8H15Cl3O3/c1-4-12-8(13-5-2,14-6-3)7(9,10)11/h4-6H2,1-3H3. The third-order valence-corrected chi connectivity index (χ3v) is 2.04. The smallest absolute Gasteiger partial charge is 0.324 e. The van der Waals surface area contributed by atoms with Crippen molar-refractivity contribution < 1.29 is 14.2 Å². The van der Waals surface area contributed by atoms with Crippen molar-refractivity contribution in [1.29, 1.82) is 0 Å². The summed E-state index contributed by atoms with van der Waals surface area (Å²) in [6.45, 7) is 6.28. The van der Waals surface area contributed by atoms with Gasteiger partial charge in [0.05, 0.1) is 0 Å². The maximum absolute atomic E-state index is 5.75. The predicted molar refractivity (Wildman–Crippen MR) is 57.9 cm³/mol. The predicted octanol–water partition coefficient (Wildman–Crippen LogP) is 3.12. The molecule has 0 radical (unpaired) electrons. The molecule has 3 nitrogen and oxygen atoms in total. The van der Waals surface area contributed by atoms with E-state index in [0.29, 0.717) is 19.8 Å². The van der Waals surface area contributed by atoms with Crippen LogP contribution in [0.3, 0.4) is 0 Å². The molecule has 0 aromatic rings. The Kier molecular flexibility index (Phi) is 6.70. The van der Waals surface area contributed by atoms with Crippen molar-refractivity contribution in [2.75, 3.05) is 19.8 Å². The second kappa shape index (κ2) is 6.36. The van der Waals surface area contributed by atoms with E-state index in [9.17, 15) is 0 Å². The Morgan fingerprint density at radius 3 is 1.21 bits per heavy atom. The summed E-state index contributed by atoms with van der Waals surface area (Å²) in [5.41, 5.74) is 0. The lowest BCUT2D eigenvalue weighted by atomic mass is 10.5. The first-order valence-corrected chi connectivity index (χ1v) is 5.55. The van der Waals surface area contributed by atoms with Crippen LogP contribution in [0.5, 0.6) is 0 Å². The number of hydrogen-bond acceptors (Lipinski definition) is 3. The molecule has 0 aliphatic carbocycles. The second-order valence-corrected chi connectivity index (χ2v) is 4.63. The lowest BCUT2D eigenvalue weighted by Crippen LogP contribution is -2.50. The fourth-order valence-corrected chi connectivity index (χ4v) is 1.43. The third kappa shape index (κ3) is 3.72. The van der Waals surface area contributed by atoms with Gasteiger partial charge in [0.25, 0.3) is 3.79 Å². The number of alkyl halides is 3. The molecule has 0 fully saturated rings. The van der Waals surface area contributed by atoms with Gasteiger partial charge in [-0.15, -0.1) is 0 Å². The SMILES string of the molecule is CCOC(OCC)(OCC)C(Cl)(Cl)Cl. The summed E-state index contributed by atoms with van der Waals surface area (Å²) >= 11 is 17.2. The van der Waals surface area contributed by atoms with Crippen LogP contribution in [0.2, 0.25) is 0 Å². The summed E-state index contributed by atoms with van der Waals surface area (Å²) in [5.74, 6) is -1.62. The molecule has 0 saturated heterocycles. The van der Waals surface area contributed by atoms with Gasteiger partial charge in [-0.3, -0.25) is 0 Å². The average molecular weight is 266 g/mol. The van der Waals surface area contributed by atoms with Gasteiger partial charge in [-0.25, -0.2) is 0 Å².